The van der Waals surface area contributed by atoms with Crippen LogP contribution in [0, 0.1) is 26.2 Å². The first-order valence-electron chi connectivity index (χ1n) is 8.65. The van der Waals surface area contributed by atoms with Crippen LogP contribution < -0.4 is 15.0 Å². The van der Waals surface area contributed by atoms with Crippen LogP contribution in [-0.4, -0.2) is 24.5 Å². The zero-order valence-corrected chi connectivity index (χ0v) is 17.4. The van der Waals surface area contributed by atoms with Crippen molar-refractivity contribution in [2.75, 3.05) is 11.5 Å². The van der Waals surface area contributed by atoms with Gasteiger partial charge in [-0.2, -0.15) is 0 Å². The summed E-state index contributed by atoms with van der Waals surface area (Å²) in [6.45, 7) is 3.85. The molecule has 0 aliphatic carbocycles. The zero-order valence-electron chi connectivity index (χ0n) is 15.8. The molecule has 2 aromatic rings. The lowest BCUT2D eigenvalue weighted by molar-refractivity contribution is -0.122. The van der Waals surface area contributed by atoms with Crippen LogP contribution in [0.5, 0.6) is 5.75 Å². The number of benzene rings is 2. The molecule has 0 spiro atoms. The highest BCUT2D eigenvalue weighted by Crippen LogP contribution is 2.28. The molecule has 0 unspecified atom stereocenters. The zero-order chi connectivity index (χ0) is 21.1. The average Bonchev–Trinajstić information content (AvgIpc) is 2.63. The fraction of sp³-hybridized carbons (Fsp3) is 0.136. The lowest BCUT2D eigenvalue weighted by Gasteiger charge is -2.27. The van der Waals surface area contributed by atoms with E-state index in [2.05, 4.69) is 27.2 Å². The Morgan fingerprint density at radius 3 is 2.45 bits per heavy atom. The number of amides is 4. The van der Waals surface area contributed by atoms with E-state index in [1.165, 1.54) is 6.08 Å². The number of barbiturate groups is 1. The van der Waals surface area contributed by atoms with Crippen molar-refractivity contribution in [3.8, 4) is 18.1 Å². The van der Waals surface area contributed by atoms with Gasteiger partial charge in [-0.15, -0.1) is 6.42 Å². The maximum Gasteiger partial charge on any atom is 0.335 e. The van der Waals surface area contributed by atoms with E-state index < -0.39 is 17.8 Å². The summed E-state index contributed by atoms with van der Waals surface area (Å²) in [7, 11) is 0. The molecule has 1 aliphatic rings. The van der Waals surface area contributed by atoms with Gasteiger partial charge in [0.2, 0.25) is 0 Å². The van der Waals surface area contributed by atoms with E-state index >= 15 is 0 Å². The van der Waals surface area contributed by atoms with Crippen molar-refractivity contribution in [1.29, 1.82) is 0 Å². The number of rotatable bonds is 4. The van der Waals surface area contributed by atoms with Crippen LogP contribution in [0.3, 0.4) is 0 Å². The van der Waals surface area contributed by atoms with Gasteiger partial charge in [-0.1, -0.05) is 18.1 Å². The minimum absolute atomic E-state index is 0.118. The van der Waals surface area contributed by atoms with E-state index in [-0.39, 0.29) is 12.2 Å². The molecule has 0 aromatic heterocycles. The molecule has 1 N–H and O–H groups in total. The van der Waals surface area contributed by atoms with Gasteiger partial charge >= 0.3 is 6.03 Å². The highest BCUT2D eigenvalue weighted by atomic mass is 79.9. The molecule has 1 saturated heterocycles. The molecule has 0 saturated carbocycles. The fourth-order valence-corrected chi connectivity index (χ4v) is 3.49. The summed E-state index contributed by atoms with van der Waals surface area (Å²) in [4.78, 5) is 38.6. The van der Waals surface area contributed by atoms with Gasteiger partial charge in [0.1, 0.15) is 17.9 Å². The van der Waals surface area contributed by atoms with E-state index in [9.17, 15) is 14.4 Å². The van der Waals surface area contributed by atoms with Gasteiger partial charge in [0, 0.05) is 0 Å². The number of halogens is 1. The number of imide groups is 2. The van der Waals surface area contributed by atoms with Crippen LogP contribution >= 0.6 is 15.9 Å². The lowest BCUT2D eigenvalue weighted by atomic mass is 10.1. The quantitative estimate of drug-likeness (QED) is 0.435. The van der Waals surface area contributed by atoms with Crippen LogP contribution in [0.15, 0.2) is 46.4 Å². The molecule has 1 heterocycles. The standard InChI is InChI=1S/C22H17BrN2O4/c1-4-7-29-19-6-5-15(12-18(19)23)11-17-20(26)24-22(28)25(21(17)27)16-9-13(2)8-14(3)10-16/h1,5-6,8-12H,7H2,2-3H3,(H,24,26,28)/b17-11+. The first-order chi connectivity index (χ1) is 13.8. The maximum absolute atomic E-state index is 13.0. The van der Waals surface area contributed by atoms with Crippen molar-refractivity contribution in [3.05, 3.63) is 63.1 Å². The highest BCUT2D eigenvalue weighted by Gasteiger charge is 2.36. The monoisotopic (exact) mass is 452 g/mol. The third-order valence-electron chi connectivity index (χ3n) is 4.14. The maximum atomic E-state index is 13.0. The average molecular weight is 453 g/mol. The summed E-state index contributed by atoms with van der Waals surface area (Å²) in [5, 5.41) is 2.22. The summed E-state index contributed by atoms with van der Waals surface area (Å²) < 4.78 is 6.00. The number of carbonyl (C=O) groups is 3. The first kappa shape index (κ1) is 20.4. The molecule has 1 fully saturated rings. The second-order valence-electron chi connectivity index (χ2n) is 6.49. The molecule has 2 aromatic carbocycles. The second-order valence-corrected chi connectivity index (χ2v) is 7.34. The van der Waals surface area contributed by atoms with Gasteiger partial charge in [-0.3, -0.25) is 14.9 Å². The summed E-state index contributed by atoms with van der Waals surface area (Å²) in [5.41, 5.74) is 2.64. The number of urea groups is 1. The van der Waals surface area contributed by atoms with E-state index in [1.54, 1.807) is 30.3 Å². The van der Waals surface area contributed by atoms with Crippen LogP contribution in [0.1, 0.15) is 16.7 Å². The summed E-state index contributed by atoms with van der Waals surface area (Å²) in [6.07, 6.45) is 6.61. The van der Waals surface area contributed by atoms with Crippen molar-refractivity contribution in [1.82, 2.24) is 5.32 Å². The van der Waals surface area contributed by atoms with Crippen LogP contribution in [0.25, 0.3) is 6.08 Å². The van der Waals surface area contributed by atoms with Crippen molar-refractivity contribution < 1.29 is 19.1 Å². The lowest BCUT2D eigenvalue weighted by Crippen LogP contribution is -2.54. The van der Waals surface area contributed by atoms with Crippen molar-refractivity contribution in [2.24, 2.45) is 0 Å². The topological polar surface area (TPSA) is 75.7 Å². The fourth-order valence-electron chi connectivity index (χ4n) is 2.98. The van der Waals surface area contributed by atoms with E-state index in [1.807, 2.05) is 19.9 Å². The van der Waals surface area contributed by atoms with Crippen LogP contribution in [0.2, 0.25) is 0 Å². The molecular weight excluding hydrogens is 436 g/mol. The summed E-state index contributed by atoms with van der Waals surface area (Å²) >= 11 is 3.37. The molecule has 1 aliphatic heterocycles. The number of hydrogen-bond acceptors (Lipinski definition) is 4. The van der Waals surface area contributed by atoms with E-state index in [0.29, 0.717) is 21.5 Å². The molecule has 4 amide bonds. The molecule has 6 nitrogen and oxygen atoms in total. The molecule has 29 heavy (non-hydrogen) atoms. The Kier molecular flexibility index (Phi) is 5.85. The molecule has 0 radical (unpaired) electrons. The Hall–Kier alpha value is -3.37. The number of carbonyl (C=O) groups excluding carboxylic acids is 3. The Labute approximate surface area is 176 Å². The molecule has 0 atom stereocenters. The second kappa shape index (κ2) is 8.33. The number of nitrogens with zero attached hydrogens (tertiary/aromatic N) is 1. The van der Waals surface area contributed by atoms with Gasteiger partial charge in [0.05, 0.1) is 10.2 Å². The predicted octanol–water partition coefficient (Wildman–Crippen LogP) is 3.74. The Morgan fingerprint density at radius 1 is 1.14 bits per heavy atom. The first-order valence-corrected chi connectivity index (χ1v) is 9.45. The minimum Gasteiger partial charge on any atom is -0.480 e. The van der Waals surface area contributed by atoms with E-state index in [4.69, 9.17) is 11.2 Å². The largest absolute Gasteiger partial charge is 0.480 e. The van der Waals surface area contributed by atoms with Crippen molar-refractivity contribution >= 4 is 45.5 Å². The molecule has 7 heteroatoms. The molecule has 3 rings (SSSR count). The SMILES string of the molecule is C#CCOc1ccc(/C=C2\C(=O)NC(=O)N(c3cc(C)cc(C)c3)C2=O)cc1Br. The van der Waals surface area contributed by atoms with Crippen LogP contribution in [0.4, 0.5) is 10.5 Å². The van der Waals surface area contributed by atoms with Gasteiger partial charge in [0.15, 0.2) is 0 Å². The Bertz CT molecular complexity index is 1080. The Balaban J connectivity index is 1.97. The van der Waals surface area contributed by atoms with E-state index in [0.717, 1.165) is 16.0 Å². The predicted molar refractivity (Wildman–Crippen MR) is 113 cm³/mol. The van der Waals surface area contributed by atoms with Gasteiger partial charge in [0.25, 0.3) is 11.8 Å². The number of aryl methyl sites for hydroxylation is 2. The van der Waals surface area contributed by atoms with Gasteiger partial charge < -0.3 is 4.74 Å². The third-order valence-corrected chi connectivity index (χ3v) is 4.76. The molecule has 0 bridgehead atoms. The van der Waals surface area contributed by atoms with Crippen molar-refractivity contribution in [2.45, 2.75) is 13.8 Å². The molecular formula is C22H17BrN2O4. The third kappa shape index (κ3) is 4.39. The van der Waals surface area contributed by atoms with Crippen molar-refractivity contribution in [3.63, 3.8) is 0 Å². The summed E-state index contributed by atoms with van der Waals surface area (Å²) in [6, 6.07) is 9.63. The minimum atomic E-state index is -0.777. The van der Waals surface area contributed by atoms with Gasteiger partial charge in [-0.25, -0.2) is 9.69 Å². The number of ether oxygens (including phenoxy) is 1. The smallest absolute Gasteiger partial charge is 0.335 e. The number of nitrogens with one attached hydrogen (secondary N) is 1. The highest BCUT2D eigenvalue weighted by molar-refractivity contribution is 9.10. The number of terminal acetylenes is 1. The Morgan fingerprint density at radius 2 is 1.83 bits per heavy atom. The normalized spacial score (nSPS) is 15.3. The molecule has 146 valence electrons. The number of anilines is 1. The number of hydrogen-bond donors (Lipinski definition) is 1. The summed E-state index contributed by atoms with van der Waals surface area (Å²) in [5.74, 6) is 1.48. The van der Waals surface area contributed by atoms with Gasteiger partial charge in [-0.05, 0) is 76.8 Å². The van der Waals surface area contributed by atoms with Crippen LogP contribution in [-0.2, 0) is 9.59 Å².